The highest BCUT2D eigenvalue weighted by Crippen LogP contribution is 2.33. The Morgan fingerprint density at radius 2 is 1.84 bits per heavy atom. The predicted molar refractivity (Wildman–Crippen MR) is 122 cm³/mol. The van der Waals surface area contributed by atoms with Gasteiger partial charge in [-0.1, -0.05) is 12.1 Å². The third-order valence-electron chi connectivity index (χ3n) is 5.62. The maximum atomic E-state index is 12.7. The van der Waals surface area contributed by atoms with Crippen LogP contribution in [-0.4, -0.2) is 38.3 Å². The third kappa shape index (κ3) is 4.35. The topological polar surface area (TPSA) is 94.6 Å². The van der Waals surface area contributed by atoms with Gasteiger partial charge in [0.05, 0.1) is 16.3 Å². The number of carbonyl (C=O) groups excluding carboxylic acids is 1. The second-order valence-electron chi connectivity index (χ2n) is 7.80. The van der Waals surface area contributed by atoms with Crippen molar-refractivity contribution in [3.05, 3.63) is 52.9 Å². The molecular weight excluding hydrogens is 448 g/mol. The van der Waals surface area contributed by atoms with Crippen molar-refractivity contribution in [2.24, 2.45) is 0 Å². The van der Waals surface area contributed by atoms with E-state index in [-0.39, 0.29) is 23.0 Å². The molecule has 0 fully saturated rings. The molecule has 0 radical (unpaired) electrons. The second kappa shape index (κ2) is 8.55. The maximum absolute atomic E-state index is 12.7. The SMILES string of the molecule is O=C(CCS(=O)(=O)c1ccc2c(c1)OCCO2)Nc1nc(-c2ccc3c(c2)CCC3)cs1. The quantitative estimate of drug-likeness (QED) is 0.588. The zero-order valence-electron chi connectivity index (χ0n) is 17.3. The van der Waals surface area contributed by atoms with E-state index in [2.05, 4.69) is 28.5 Å². The summed E-state index contributed by atoms with van der Waals surface area (Å²) in [5.41, 5.74) is 4.61. The number of sulfone groups is 1. The average Bonchev–Trinajstić information content (AvgIpc) is 3.46. The Morgan fingerprint density at radius 1 is 1.03 bits per heavy atom. The highest BCUT2D eigenvalue weighted by molar-refractivity contribution is 7.91. The Kier molecular flexibility index (Phi) is 5.60. The average molecular weight is 471 g/mol. The molecule has 1 aliphatic heterocycles. The monoisotopic (exact) mass is 470 g/mol. The Hall–Kier alpha value is -2.91. The molecule has 0 saturated heterocycles. The van der Waals surface area contributed by atoms with Gasteiger partial charge in [-0.15, -0.1) is 11.3 Å². The van der Waals surface area contributed by atoms with Gasteiger partial charge in [0.1, 0.15) is 13.2 Å². The molecule has 2 aliphatic rings. The Labute approximate surface area is 190 Å². The zero-order chi connectivity index (χ0) is 22.1. The number of aromatic nitrogens is 1. The van der Waals surface area contributed by atoms with E-state index in [1.165, 1.54) is 41.0 Å². The van der Waals surface area contributed by atoms with Crippen molar-refractivity contribution < 1.29 is 22.7 Å². The van der Waals surface area contributed by atoms with Crippen molar-refractivity contribution in [3.63, 3.8) is 0 Å². The van der Waals surface area contributed by atoms with Gasteiger partial charge in [0, 0.05) is 23.4 Å². The highest BCUT2D eigenvalue weighted by atomic mass is 32.2. The van der Waals surface area contributed by atoms with Crippen LogP contribution in [0.3, 0.4) is 0 Å². The fourth-order valence-corrected chi connectivity index (χ4v) is 5.93. The van der Waals surface area contributed by atoms with Crippen LogP contribution >= 0.6 is 11.3 Å². The molecule has 3 aromatic rings. The number of aryl methyl sites for hydroxylation is 2. The second-order valence-corrected chi connectivity index (χ2v) is 10.8. The number of thiazole rings is 1. The van der Waals surface area contributed by atoms with E-state index in [0.29, 0.717) is 29.8 Å². The summed E-state index contributed by atoms with van der Waals surface area (Å²) in [6.45, 7) is 0.810. The Morgan fingerprint density at radius 3 is 2.72 bits per heavy atom. The summed E-state index contributed by atoms with van der Waals surface area (Å²) in [5, 5.41) is 5.08. The van der Waals surface area contributed by atoms with Crippen molar-refractivity contribution in [1.29, 1.82) is 0 Å². The van der Waals surface area contributed by atoms with Crippen LogP contribution in [0.2, 0.25) is 0 Å². The smallest absolute Gasteiger partial charge is 0.227 e. The lowest BCUT2D eigenvalue weighted by atomic mass is 10.1. The standard InChI is InChI=1S/C23H22N2O5S2/c26-22(8-11-32(27,28)18-6-7-20-21(13-18)30-10-9-29-20)25-23-24-19(14-31-23)17-5-4-15-2-1-3-16(15)12-17/h4-7,12-14H,1-3,8-11H2,(H,24,25,26). The zero-order valence-corrected chi connectivity index (χ0v) is 18.9. The van der Waals surface area contributed by atoms with Crippen LogP contribution in [0.5, 0.6) is 11.5 Å². The molecule has 9 heteroatoms. The highest BCUT2D eigenvalue weighted by Gasteiger charge is 2.21. The molecule has 1 aliphatic carbocycles. The first kappa shape index (κ1) is 21.0. The molecule has 0 bridgehead atoms. The number of rotatable bonds is 6. The first-order valence-electron chi connectivity index (χ1n) is 10.5. The van der Waals surface area contributed by atoms with Crippen molar-refractivity contribution >= 4 is 32.2 Å². The lowest BCUT2D eigenvalue weighted by molar-refractivity contribution is -0.115. The summed E-state index contributed by atoms with van der Waals surface area (Å²) in [5.74, 6) is 0.238. The minimum Gasteiger partial charge on any atom is -0.486 e. The summed E-state index contributed by atoms with van der Waals surface area (Å²) in [6, 6.07) is 10.9. The van der Waals surface area contributed by atoms with E-state index in [4.69, 9.17) is 9.47 Å². The molecule has 0 saturated carbocycles. The summed E-state index contributed by atoms with van der Waals surface area (Å²) in [7, 11) is -3.64. The molecule has 5 rings (SSSR count). The molecule has 7 nitrogen and oxygen atoms in total. The van der Waals surface area contributed by atoms with Gasteiger partial charge in [-0.2, -0.15) is 0 Å². The van der Waals surface area contributed by atoms with Crippen molar-refractivity contribution in [2.45, 2.75) is 30.6 Å². The first-order valence-corrected chi connectivity index (χ1v) is 13.0. The van der Waals surface area contributed by atoms with E-state index in [0.717, 1.165) is 24.1 Å². The fraction of sp³-hybridized carbons (Fsp3) is 0.304. The van der Waals surface area contributed by atoms with Gasteiger partial charge < -0.3 is 14.8 Å². The van der Waals surface area contributed by atoms with Crippen molar-refractivity contribution in [1.82, 2.24) is 4.98 Å². The van der Waals surface area contributed by atoms with E-state index in [1.54, 1.807) is 6.07 Å². The normalized spacial score (nSPS) is 14.8. The molecule has 32 heavy (non-hydrogen) atoms. The van der Waals surface area contributed by atoms with E-state index in [9.17, 15) is 13.2 Å². The molecule has 1 N–H and O–H groups in total. The maximum Gasteiger partial charge on any atom is 0.227 e. The number of nitrogens with one attached hydrogen (secondary N) is 1. The van der Waals surface area contributed by atoms with E-state index < -0.39 is 9.84 Å². The lowest BCUT2D eigenvalue weighted by Crippen LogP contribution is -2.18. The number of carbonyl (C=O) groups is 1. The Balaban J connectivity index is 1.21. The Bertz CT molecular complexity index is 1280. The van der Waals surface area contributed by atoms with Crippen LogP contribution in [0, 0.1) is 0 Å². The first-order chi connectivity index (χ1) is 15.5. The number of ether oxygens (including phenoxy) is 2. The van der Waals surface area contributed by atoms with Crippen molar-refractivity contribution in [2.75, 3.05) is 24.3 Å². The molecule has 2 heterocycles. The number of fused-ring (bicyclic) bond motifs is 2. The fourth-order valence-electron chi connectivity index (χ4n) is 3.94. The largest absolute Gasteiger partial charge is 0.486 e. The van der Waals surface area contributed by atoms with Gasteiger partial charge in [-0.05, 0) is 48.6 Å². The minimum absolute atomic E-state index is 0.114. The summed E-state index contributed by atoms with van der Waals surface area (Å²) in [4.78, 5) is 17.0. The molecular formula is C23H22N2O5S2. The predicted octanol–water partition coefficient (Wildman–Crippen LogP) is 3.87. The molecule has 0 spiro atoms. The van der Waals surface area contributed by atoms with Gasteiger partial charge in [0.15, 0.2) is 26.5 Å². The summed E-state index contributed by atoms with van der Waals surface area (Å²) in [6.07, 6.45) is 3.24. The number of benzene rings is 2. The van der Waals surface area contributed by atoms with Crippen molar-refractivity contribution in [3.8, 4) is 22.8 Å². The number of hydrogen-bond acceptors (Lipinski definition) is 7. The number of amides is 1. The molecule has 2 aromatic carbocycles. The molecule has 1 amide bonds. The van der Waals surface area contributed by atoms with Crippen LogP contribution in [-0.2, 0) is 27.5 Å². The van der Waals surface area contributed by atoms with Crippen LogP contribution < -0.4 is 14.8 Å². The van der Waals surface area contributed by atoms with Crippen LogP contribution in [0.4, 0.5) is 5.13 Å². The molecule has 0 atom stereocenters. The number of nitrogens with zero attached hydrogens (tertiary/aromatic N) is 1. The van der Waals surface area contributed by atoms with E-state index >= 15 is 0 Å². The van der Waals surface area contributed by atoms with Crippen LogP contribution in [0.25, 0.3) is 11.3 Å². The molecule has 166 valence electrons. The lowest BCUT2D eigenvalue weighted by Gasteiger charge is -2.18. The third-order valence-corrected chi connectivity index (χ3v) is 8.09. The molecule has 1 aromatic heterocycles. The van der Waals surface area contributed by atoms with Gasteiger partial charge in [0.2, 0.25) is 5.91 Å². The van der Waals surface area contributed by atoms with Crippen LogP contribution in [0.1, 0.15) is 24.0 Å². The van der Waals surface area contributed by atoms with Gasteiger partial charge in [-0.25, -0.2) is 13.4 Å². The summed E-state index contributed by atoms with van der Waals surface area (Å²) < 4.78 is 36.2. The number of hydrogen-bond donors (Lipinski definition) is 1. The van der Waals surface area contributed by atoms with Gasteiger partial charge in [-0.3, -0.25) is 4.79 Å². The van der Waals surface area contributed by atoms with E-state index in [1.807, 2.05) is 5.38 Å². The molecule has 0 unspecified atom stereocenters. The van der Waals surface area contributed by atoms with Gasteiger partial charge >= 0.3 is 0 Å². The number of anilines is 1. The summed E-state index contributed by atoms with van der Waals surface area (Å²) >= 11 is 1.33. The van der Waals surface area contributed by atoms with Gasteiger partial charge in [0.25, 0.3) is 0 Å². The van der Waals surface area contributed by atoms with Crippen LogP contribution in [0.15, 0.2) is 46.7 Å². The minimum atomic E-state index is -3.64.